The Hall–Kier alpha value is -4.12. The molecular formula is C30H30F3N5O3. The highest BCUT2D eigenvalue weighted by atomic mass is 19.4. The number of aliphatic hydroxyl groups is 1. The minimum absolute atomic E-state index is 0.00302. The van der Waals surface area contributed by atoms with Gasteiger partial charge < -0.3 is 20.5 Å². The van der Waals surface area contributed by atoms with Crippen molar-refractivity contribution in [3.63, 3.8) is 0 Å². The second-order valence-corrected chi connectivity index (χ2v) is 10.9. The number of anilines is 1. The van der Waals surface area contributed by atoms with Gasteiger partial charge in [-0.15, -0.1) is 0 Å². The molecule has 3 atom stereocenters. The second-order valence-electron chi connectivity index (χ2n) is 10.9. The topological polar surface area (TPSA) is 106 Å². The minimum atomic E-state index is -4.54. The van der Waals surface area contributed by atoms with Crippen molar-refractivity contribution in [1.82, 2.24) is 19.3 Å². The number of alkyl halides is 3. The van der Waals surface area contributed by atoms with Gasteiger partial charge in [-0.05, 0) is 61.6 Å². The van der Waals surface area contributed by atoms with Crippen molar-refractivity contribution in [1.29, 1.82) is 0 Å². The lowest BCUT2D eigenvalue weighted by Gasteiger charge is -2.34. The summed E-state index contributed by atoms with van der Waals surface area (Å²) < 4.78 is 47.7. The van der Waals surface area contributed by atoms with Gasteiger partial charge in [0.2, 0.25) is 5.91 Å². The number of aromatic nitrogens is 3. The summed E-state index contributed by atoms with van der Waals surface area (Å²) >= 11 is 0. The SMILES string of the molecule is COc1cc(C(C)(O)c2cccc(C(F)(F)F)c2)ccc1-c1nc([C@@H]2CC[C@H]3CCC(=O)N3C2)n2ccnc(N)c12. The van der Waals surface area contributed by atoms with E-state index in [2.05, 4.69) is 4.98 Å². The number of methoxy groups -OCH3 is 1. The van der Waals surface area contributed by atoms with Crippen LogP contribution in [0.15, 0.2) is 54.9 Å². The number of carbonyl (C=O) groups excluding carboxylic acids is 1. The van der Waals surface area contributed by atoms with Gasteiger partial charge in [0.05, 0.1) is 12.7 Å². The van der Waals surface area contributed by atoms with Crippen LogP contribution in [0.3, 0.4) is 0 Å². The summed E-state index contributed by atoms with van der Waals surface area (Å²) in [4.78, 5) is 23.7. The molecule has 11 heteroatoms. The van der Waals surface area contributed by atoms with E-state index in [9.17, 15) is 23.1 Å². The number of imidazole rings is 1. The fourth-order valence-corrected chi connectivity index (χ4v) is 6.19. The molecule has 2 aromatic heterocycles. The van der Waals surface area contributed by atoms with Crippen LogP contribution in [0.2, 0.25) is 0 Å². The average molecular weight is 566 g/mol. The van der Waals surface area contributed by atoms with E-state index in [0.717, 1.165) is 37.2 Å². The van der Waals surface area contributed by atoms with Crippen LogP contribution in [0.25, 0.3) is 16.8 Å². The molecule has 1 amide bonds. The van der Waals surface area contributed by atoms with Gasteiger partial charge >= 0.3 is 6.18 Å². The number of fused-ring (bicyclic) bond motifs is 2. The Morgan fingerprint density at radius 1 is 1.07 bits per heavy atom. The molecule has 0 spiro atoms. The third kappa shape index (κ3) is 4.57. The molecule has 2 aliphatic rings. The molecule has 214 valence electrons. The summed E-state index contributed by atoms with van der Waals surface area (Å²) in [6, 6.07) is 9.89. The molecule has 0 bridgehead atoms. The van der Waals surface area contributed by atoms with E-state index >= 15 is 0 Å². The van der Waals surface area contributed by atoms with E-state index in [1.54, 1.807) is 30.6 Å². The van der Waals surface area contributed by atoms with Gasteiger partial charge in [0.1, 0.15) is 34.2 Å². The number of halogens is 3. The highest BCUT2D eigenvalue weighted by Gasteiger charge is 2.39. The van der Waals surface area contributed by atoms with Crippen molar-refractivity contribution in [2.75, 3.05) is 19.4 Å². The molecule has 6 rings (SSSR count). The summed E-state index contributed by atoms with van der Waals surface area (Å²) in [5, 5.41) is 11.4. The first-order chi connectivity index (χ1) is 19.5. The number of nitrogens with two attached hydrogens (primary N) is 1. The van der Waals surface area contributed by atoms with E-state index < -0.39 is 17.3 Å². The third-order valence-corrected chi connectivity index (χ3v) is 8.46. The zero-order valence-electron chi connectivity index (χ0n) is 22.7. The summed E-state index contributed by atoms with van der Waals surface area (Å²) in [7, 11) is 1.47. The first-order valence-corrected chi connectivity index (χ1v) is 13.5. The van der Waals surface area contributed by atoms with Crippen molar-refractivity contribution in [3.05, 3.63) is 77.4 Å². The molecular weight excluding hydrogens is 535 g/mol. The van der Waals surface area contributed by atoms with Crippen molar-refractivity contribution in [2.45, 2.75) is 56.3 Å². The quantitative estimate of drug-likeness (QED) is 0.348. The number of carbonyl (C=O) groups is 1. The van der Waals surface area contributed by atoms with Crippen LogP contribution >= 0.6 is 0 Å². The highest BCUT2D eigenvalue weighted by molar-refractivity contribution is 5.88. The third-order valence-electron chi connectivity index (χ3n) is 8.46. The van der Waals surface area contributed by atoms with Gasteiger partial charge in [0, 0.05) is 42.9 Å². The first-order valence-electron chi connectivity index (χ1n) is 13.5. The van der Waals surface area contributed by atoms with E-state index in [0.29, 0.717) is 41.1 Å². The maximum Gasteiger partial charge on any atom is 0.416 e. The Balaban J connectivity index is 1.42. The number of rotatable bonds is 5. The van der Waals surface area contributed by atoms with Gasteiger partial charge in [-0.3, -0.25) is 9.20 Å². The molecule has 4 aromatic rings. The predicted octanol–water partition coefficient (Wildman–Crippen LogP) is 5.13. The molecule has 1 unspecified atom stereocenters. The van der Waals surface area contributed by atoms with Gasteiger partial charge in [0.15, 0.2) is 0 Å². The number of piperidine rings is 1. The van der Waals surface area contributed by atoms with Crippen molar-refractivity contribution < 1.29 is 27.8 Å². The van der Waals surface area contributed by atoms with Gasteiger partial charge in [0.25, 0.3) is 0 Å². The van der Waals surface area contributed by atoms with E-state index in [4.69, 9.17) is 15.5 Å². The number of amides is 1. The largest absolute Gasteiger partial charge is 0.496 e. The summed E-state index contributed by atoms with van der Waals surface area (Å²) in [6.07, 6.45) is 2.13. The Bertz CT molecular complexity index is 1650. The monoisotopic (exact) mass is 565 g/mol. The van der Waals surface area contributed by atoms with Gasteiger partial charge in [-0.2, -0.15) is 13.2 Å². The zero-order valence-corrected chi connectivity index (χ0v) is 22.7. The van der Waals surface area contributed by atoms with Crippen LogP contribution in [0.1, 0.15) is 61.0 Å². The lowest BCUT2D eigenvalue weighted by molar-refractivity contribution is -0.137. The lowest BCUT2D eigenvalue weighted by atomic mass is 9.86. The lowest BCUT2D eigenvalue weighted by Crippen LogP contribution is -2.41. The molecule has 0 radical (unpaired) electrons. The molecule has 2 fully saturated rings. The van der Waals surface area contributed by atoms with Crippen molar-refractivity contribution in [3.8, 4) is 17.0 Å². The Labute approximate surface area is 234 Å². The van der Waals surface area contributed by atoms with Gasteiger partial charge in [-0.25, -0.2) is 9.97 Å². The second kappa shape index (κ2) is 9.76. The molecule has 41 heavy (non-hydrogen) atoms. The van der Waals surface area contributed by atoms with Crippen LogP contribution in [-0.4, -0.2) is 50.0 Å². The molecule has 3 N–H and O–H groups in total. The zero-order chi connectivity index (χ0) is 29.1. The maximum absolute atomic E-state index is 13.4. The average Bonchev–Trinajstić information content (AvgIpc) is 3.53. The number of hydrogen-bond donors (Lipinski definition) is 2. The Morgan fingerprint density at radius 3 is 2.59 bits per heavy atom. The number of benzene rings is 2. The minimum Gasteiger partial charge on any atom is -0.496 e. The number of nitrogens with zero attached hydrogens (tertiary/aromatic N) is 4. The molecule has 2 aromatic carbocycles. The molecule has 8 nitrogen and oxygen atoms in total. The van der Waals surface area contributed by atoms with E-state index in [1.165, 1.54) is 26.2 Å². The fourth-order valence-electron chi connectivity index (χ4n) is 6.19. The Kier molecular flexibility index (Phi) is 6.44. The van der Waals surface area contributed by atoms with Crippen molar-refractivity contribution in [2.24, 2.45) is 0 Å². The smallest absolute Gasteiger partial charge is 0.416 e. The van der Waals surface area contributed by atoms with Crippen LogP contribution in [0.4, 0.5) is 19.0 Å². The van der Waals surface area contributed by atoms with Crippen LogP contribution < -0.4 is 10.5 Å². The first kappa shape index (κ1) is 27.1. The van der Waals surface area contributed by atoms with Crippen LogP contribution in [-0.2, 0) is 16.6 Å². The summed E-state index contributed by atoms with van der Waals surface area (Å²) in [6.45, 7) is 2.03. The fraction of sp³-hybridized carbons (Fsp3) is 0.367. The Morgan fingerprint density at radius 2 is 1.83 bits per heavy atom. The molecule has 0 saturated carbocycles. The number of nitrogen functional groups attached to an aromatic ring is 1. The molecule has 0 aliphatic carbocycles. The summed E-state index contributed by atoms with van der Waals surface area (Å²) in [5.74, 6) is 1.58. The van der Waals surface area contributed by atoms with Gasteiger partial charge in [-0.1, -0.05) is 18.2 Å². The standard InChI is InChI=1S/C30H30F3N5O3/c1-29(40,18-4-3-5-20(14-18)30(31,32)33)19-7-10-22(23(15-19)41-2)25-26-27(34)35-12-13-37(26)28(36-25)17-6-8-21-9-11-24(39)38(21)16-17/h3-5,7,10,12-15,17,21,40H,6,8-9,11,16H2,1-2H3,(H2,34,35)/t17-,21+,29?/m1/s1. The highest BCUT2D eigenvalue weighted by Crippen LogP contribution is 2.42. The van der Waals surface area contributed by atoms with Crippen LogP contribution in [0.5, 0.6) is 5.75 Å². The predicted molar refractivity (Wildman–Crippen MR) is 146 cm³/mol. The van der Waals surface area contributed by atoms with Crippen LogP contribution in [0, 0.1) is 0 Å². The normalized spacial score (nSPS) is 20.7. The molecule has 2 saturated heterocycles. The maximum atomic E-state index is 13.4. The molecule has 2 aliphatic heterocycles. The number of ether oxygens (including phenoxy) is 1. The van der Waals surface area contributed by atoms with E-state index in [-0.39, 0.29) is 29.2 Å². The summed E-state index contributed by atoms with van der Waals surface area (Å²) in [5.41, 5.74) is 5.92. The van der Waals surface area contributed by atoms with Crippen molar-refractivity contribution >= 4 is 17.2 Å². The molecule has 4 heterocycles. The number of hydrogen-bond acceptors (Lipinski definition) is 6. The van der Waals surface area contributed by atoms with E-state index in [1.807, 2.05) is 9.30 Å².